The lowest BCUT2D eigenvalue weighted by atomic mass is 9.97. The van der Waals surface area contributed by atoms with Crippen molar-refractivity contribution < 1.29 is 0 Å². The molecule has 0 radical (unpaired) electrons. The van der Waals surface area contributed by atoms with Gasteiger partial charge in [0.05, 0.1) is 0 Å². The molecule has 13 heavy (non-hydrogen) atoms. The third kappa shape index (κ3) is 8.26. The van der Waals surface area contributed by atoms with Crippen molar-refractivity contribution in [1.82, 2.24) is 5.43 Å². The van der Waals surface area contributed by atoms with Gasteiger partial charge >= 0.3 is 0 Å². The van der Waals surface area contributed by atoms with Crippen LogP contribution in [0.4, 0.5) is 0 Å². The van der Waals surface area contributed by atoms with E-state index in [1.807, 2.05) is 0 Å². The molecule has 0 bridgehead atoms. The maximum atomic E-state index is 5.42. The zero-order valence-corrected chi connectivity index (χ0v) is 9.53. The lowest BCUT2D eigenvalue weighted by Gasteiger charge is -2.23. The van der Waals surface area contributed by atoms with Gasteiger partial charge in [0.1, 0.15) is 0 Å². The zero-order chi connectivity index (χ0) is 10.2. The van der Waals surface area contributed by atoms with E-state index in [2.05, 4.69) is 26.2 Å². The fourth-order valence-electron chi connectivity index (χ4n) is 1.42. The zero-order valence-electron chi connectivity index (χ0n) is 9.53. The maximum Gasteiger partial charge on any atom is 0.0265 e. The van der Waals surface area contributed by atoms with Gasteiger partial charge in [-0.2, -0.15) is 0 Å². The first-order valence-corrected chi connectivity index (χ1v) is 5.60. The first kappa shape index (κ1) is 12.9. The van der Waals surface area contributed by atoms with Crippen LogP contribution < -0.4 is 11.3 Å². The molecule has 0 fully saturated rings. The lowest BCUT2D eigenvalue weighted by Crippen LogP contribution is -2.43. The Morgan fingerprint density at radius 3 is 2.08 bits per heavy atom. The fourth-order valence-corrected chi connectivity index (χ4v) is 1.42. The van der Waals surface area contributed by atoms with Gasteiger partial charge in [-0.25, -0.2) is 0 Å². The quantitative estimate of drug-likeness (QED) is 0.347. The Hall–Kier alpha value is -0.0800. The van der Waals surface area contributed by atoms with E-state index >= 15 is 0 Å². The highest BCUT2D eigenvalue weighted by Gasteiger charge is 2.13. The van der Waals surface area contributed by atoms with Gasteiger partial charge < -0.3 is 0 Å². The molecule has 2 heteroatoms. The van der Waals surface area contributed by atoms with Gasteiger partial charge in [0.25, 0.3) is 0 Å². The number of hydrazine groups is 1. The molecule has 0 atom stereocenters. The first-order chi connectivity index (χ1) is 6.12. The van der Waals surface area contributed by atoms with Gasteiger partial charge in [0, 0.05) is 5.54 Å². The summed E-state index contributed by atoms with van der Waals surface area (Å²) in [5, 5.41) is 0. The Bertz CT molecular complexity index is 111. The molecular formula is C11H26N2. The van der Waals surface area contributed by atoms with E-state index in [-0.39, 0.29) is 5.54 Å². The predicted molar refractivity (Wildman–Crippen MR) is 59.4 cm³/mol. The highest BCUT2D eigenvalue weighted by atomic mass is 15.3. The second-order valence-corrected chi connectivity index (χ2v) is 4.55. The molecular weight excluding hydrogens is 160 g/mol. The average Bonchev–Trinajstić information content (AvgIpc) is 2.11. The van der Waals surface area contributed by atoms with Crippen molar-refractivity contribution in [1.29, 1.82) is 0 Å². The van der Waals surface area contributed by atoms with Crippen molar-refractivity contribution in [2.45, 2.75) is 71.3 Å². The lowest BCUT2D eigenvalue weighted by molar-refractivity contribution is 0.353. The largest absolute Gasteiger partial charge is 0.271 e. The van der Waals surface area contributed by atoms with Crippen molar-refractivity contribution in [2.24, 2.45) is 5.84 Å². The standard InChI is InChI=1S/C11H26N2/c1-4-5-6-7-8-9-10-11(2,3)13-12/h13H,4-10,12H2,1-3H3. The molecule has 80 valence electrons. The normalized spacial score (nSPS) is 12.0. The Balaban J connectivity index is 3.16. The summed E-state index contributed by atoms with van der Waals surface area (Å²) >= 11 is 0. The highest BCUT2D eigenvalue weighted by Crippen LogP contribution is 2.14. The van der Waals surface area contributed by atoms with Gasteiger partial charge in [-0.3, -0.25) is 11.3 Å². The molecule has 0 heterocycles. The number of hydrogen-bond acceptors (Lipinski definition) is 2. The Morgan fingerprint density at radius 2 is 1.54 bits per heavy atom. The van der Waals surface area contributed by atoms with Crippen molar-refractivity contribution in [3.63, 3.8) is 0 Å². The van der Waals surface area contributed by atoms with Gasteiger partial charge in [-0.05, 0) is 20.3 Å². The Morgan fingerprint density at radius 1 is 1.00 bits per heavy atom. The van der Waals surface area contributed by atoms with Crippen LogP contribution in [-0.2, 0) is 0 Å². The van der Waals surface area contributed by atoms with Crippen LogP contribution in [0.2, 0.25) is 0 Å². The average molecular weight is 186 g/mol. The van der Waals surface area contributed by atoms with E-state index in [0.29, 0.717) is 0 Å². The molecule has 0 aromatic rings. The maximum absolute atomic E-state index is 5.42. The van der Waals surface area contributed by atoms with Gasteiger partial charge in [0.2, 0.25) is 0 Å². The minimum Gasteiger partial charge on any atom is -0.271 e. The van der Waals surface area contributed by atoms with Crippen LogP contribution in [0.25, 0.3) is 0 Å². The smallest absolute Gasteiger partial charge is 0.0265 e. The topological polar surface area (TPSA) is 38.0 Å². The molecule has 0 saturated heterocycles. The molecule has 0 aliphatic rings. The van der Waals surface area contributed by atoms with Crippen LogP contribution in [-0.4, -0.2) is 5.54 Å². The van der Waals surface area contributed by atoms with Crippen LogP contribution in [0.1, 0.15) is 65.7 Å². The number of nitrogens with two attached hydrogens (primary N) is 1. The molecule has 0 aliphatic heterocycles. The van der Waals surface area contributed by atoms with E-state index in [1.54, 1.807) is 0 Å². The molecule has 0 aliphatic carbocycles. The summed E-state index contributed by atoms with van der Waals surface area (Å²) in [5.74, 6) is 5.42. The summed E-state index contributed by atoms with van der Waals surface area (Å²) in [5.41, 5.74) is 2.96. The third-order valence-electron chi connectivity index (χ3n) is 2.55. The van der Waals surface area contributed by atoms with Gasteiger partial charge in [0.15, 0.2) is 0 Å². The molecule has 0 rings (SSSR count). The Labute approximate surface area is 83.2 Å². The number of hydrogen-bond donors (Lipinski definition) is 2. The second-order valence-electron chi connectivity index (χ2n) is 4.55. The van der Waals surface area contributed by atoms with Crippen LogP contribution >= 0.6 is 0 Å². The number of nitrogens with one attached hydrogen (secondary N) is 1. The summed E-state index contributed by atoms with van der Waals surface area (Å²) in [7, 11) is 0. The van der Waals surface area contributed by atoms with Crippen molar-refractivity contribution in [2.75, 3.05) is 0 Å². The second kappa shape index (κ2) is 7.34. The third-order valence-corrected chi connectivity index (χ3v) is 2.55. The van der Waals surface area contributed by atoms with Crippen molar-refractivity contribution in [3.05, 3.63) is 0 Å². The fraction of sp³-hybridized carbons (Fsp3) is 1.00. The summed E-state index contributed by atoms with van der Waals surface area (Å²) in [6, 6.07) is 0. The minimum absolute atomic E-state index is 0.116. The molecule has 0 saturated carbocycles. The molecule has 0 aromatic heterocycles. The van der Waals surface area contributed by atoms with Crippen LogP contribution in [0, 0.1) is 0 Å². The van der Waals surface area contributed by atoms with E-state index in [1.165, 1.54) is 44.9 Å². The van der Waals surface area contributed by atoms with Gasteiger partial charge in [-0.15, -0.1) is 0 Å². The van der Waals surface area contributed by atoms with Gasteiger partial charge in [-0.1, -0.05) is 45.4 Å². The van der Waals surface area contributed by atoms with Crippen LogP contribution in [0.5, 0.6) is 0 Å². The minimum atomic E-state index is 0.116. The molecule has 3 N–H and O–H groups in total. The Kier molecular flexibility index (Phi) is 7.29. The summed E-state index contributed by atoms with van der Waals surface area (Å²) in [6.07, 6.45) is 9.32. The van der Waals surface area contributed by atoms with E-state index < -0.39 is 0 Å². The van der Waals surface area contributed by atoms with Crippen molar-refractivity contribution in [3.8, 4) is 0 Å². The first-order valence-electron chi connectivity index (χ1n) is 5.60. The van der Waals surface area contributed by atoms with E-state index in [4.69, 9.17) is 5.84 Å². The predicted octanol–water partition coefficient (Wildman–Crippen LogP) is 2.98. The monoisotopic (exact) mass is 186 g/mol. The molecule has 0 unspecified atom stereocenters. The number of unbranched alkanes of at least 4 members (excludes halogenated alkanes) is 5. The highest BCUT2D eigenvalue weighted by molar-refractivity contribution is 4.73. The summed E-state index contributed by atoms with van der Waals surface area (Å²) < 4.78 is 0. The van der Waals surface area contributed by atoms with E-state index in [9.17, 15) is 0 Å². The van der Waals surface area contributed by atoms with Crippen LogP contribution in [0.15, 0.2) is 0 Å². The summed E-state index contributed by atoms with van der Waals surface area (Å²) in [6.45, 7) is 6.56. The molecule has 0 spiro atoms. The molecule has 0 aromatic carbocycles. The molecule has 0 amide bonds. The molecule has 2 nitrogen and oxygen atoms in total. The van der Waals surface area contributed by atoms with E-state index in [0.717, 1.165) is 0 Å². The van der Waals surface area contributed by atoms with Crippen molar-refractivity contribution >= 4 is 0 Å². The van der Waals surface area contributed by atoms with Crippen LogP contribution in [0.3, 0.4) is 0 Å². The summed E-state index contributed by atoms with van der Waals surface area (Å²) in [4.78, 5) is 0. The SMILES string of the molecule is CCCCCCCCC(C)(C)NN. The number of rotatable bonds is 8.